The van der Waals surface area contributed by atoms with E-state index in [1.807, 2.05) is 4.90 Å². The molecule has 3 heterocycles. The number of nitrogens with zero attached hydrogens (tertiary/aromatic N) is 5. The molecule has 2 aromatic heterocycles. The van der Waals surface area contributed by atoms with Crippen molar-refractivity contribution in [3.8, 4) is 5.69 Å². The monoisotopic (exact) mass is 510 g/mol. The molecule has 0 radical (unpaired) electrons. The number of anilines is 2. The maximum absolute atomic E-state index is 13.3. The Bertz CT molecular complexity index is 1350. The van der Waals surface area contributed by atoms with Gasteiger partial charge < -0.3 is 15.3 Å². The third-order valence-corrected chi connectivity index (χ3v) is 8.22. The van der Waals surface area contributed by atoms with E-state index in [0.717, 1.165) is 12.1 Å². The second-order valence-corrected chi connectivity index (χ2v) is 11.5. The highest BCUT2D eigenvalue weighted by molar-refractivity contribution is 7.91. The van der Waals surface area contributed by atoms with Gasteiger partial charge in [0.15, 0.2) is 5.65 Å². The van der Waals surface area contributed by atoms with Crippen molar-refractivity contribution in [1.82, 2.24) is 19.7 Å². The number of hydrogen-bond donors (Lipinski definition) is 2. The Balaban J connectivity index is 1.54. The van der Waals surface area contributed by atoms with E-state index in [0.29, 0.717) is 55.6 Å². The van der Waals surface area contributed by atoms with Crippen LogP contribution >= 0.6 is 0 Å². The molecule has 2 N–H and O–H groups in total. The Morgan fingerprint density at radius 1 is 1.14 bits per heavy atom. The van der Waals surface area contributed by atoms with Gasteiger partial charge in [-0.1, -0.05) is 6.07 Å². The van der Waals surface area contributed by atoms with Crippen molar-refractivity contribution in [2.24, 2.45) is 0 Å². The second kappa shape index (κ2) is 8.63. The molecule has 35 heavy (non-hydrogen) atoms. The lowest BCUT2D eigenvalue weighted by molar-refractivity contribution is -0.137. The number of benzene rings is 1. The van der Waals surface area contributed by atoms with Crippen LogP contribution in [0, 0.1) is 0 Å². The Kier molecular flexibility index (Phi) is 5.86. The summed E-state index contributed by atoms with van der Waals surface area (Å²) in [5, 5.41) is 17.6. The number of aromatic nitrogens is 4. The van der Waals surface area contributed by atoms with Gasteiger partial charge in [0.1, 0.15) is 15.7 Å². The van der Waals surface area contributed by atoms with Crippen molar-refractivity contribution in [3.05, 3.63) is 36.0 Å². The molecule has 0 atom stereocenters. The first-order valence-electron chi connectivity index (χ1n) is 11.3. The van der Waals surface area contributed by atoms with E-state index in [-0.39, 0.29) is 17.7 Å². The lowest BCUT2D eigenvalue weighted by Gasteiger charge is -2.35. The van der Waals surface area contributed by atoms with Gasteiger partial charge >= 0.3 is 6.18 Å². The summed E-state index contributed by atoms with van der Waals surface area (Å²) in [5.41, 5.74) is -0.250. The molecule has 3 aromatic rings. The molecular formula is C22H25F3N6O3S. The number of nitrogens with one attached hydrogen (secondary N) is 1. The molecule has 13 heteroatoms. The van der Waals surface area contributed by atoms with E-state index in [1.54, 1.807) is 0 Å². The number of rotatable bonds is 5. The summed E-state index contributed by atoms with van der Waals surface area (Å²) in [7, 11) is -3.13. The fourth-order valence-corrected chi connectivity index (χ4v) is 5.66. The molecule has 1 saturated heterocycles. The normalized spacial score (nSPS) is 21.8. The van der Waals surface area contributed by atoms with Gasteiger partial charge in [-0.3, -0.25) is 0 Å². The third kappa shape index (κ3) is 4.79. The Hall–Kier alpha value is -2.93. The summed E-state index contributed by atoms with van der Waals surface area (Å²) in [5.74, 6) is 0.825. The van der Waals surface area contributed by atoms with E-state index in [4.69, 9.17) is 0 Å². The van der Waals surface area contributed by atoms with Crippen LogP contribution in [0.3, 0.4) is 0 Å². The first kappa shape index (κ1) is 23.8. The SMILES string of the molecule is CS(=O)(=O)C1CC(Nc2nc(N3CCC(O)CC3)c3cnn(-c4cccc(C(F)(F)F)c4)c3n2)C1. The van der Waals surface area contributed by atoms with Crippen LogP contribution < -0.4 is 10.2 Å². The quantitative estimate of drug-likeness (QED) is 0.539. The maximum atomic E-state index is 13.3. The summed E-state index contributed by atoms with van der Waals surface area (Å²) in [6.07, 6.45) is -0.159. The van der Waals surface area contributed by atoms with E-state index in [1.165, 1.54) is 29.3 Å². The van der Waals surface area contributed by atoms with Crippen molar-refractivity contribution >= 4 is 32.6 Å². The molecule has 188 valence electrons. The molecule has 9 nitrogen and oxygen atoms in total. The van der Waals surface area contributed by atoms with Crippen LogP contribution in [-0.4, -0.2) is 70.0 Å². The van der Waals surface area contributed by atoms with Crippen molar-refractivity contribution in [2.75, 3.05) is 29.6 Å². The van der Waals surface area contributed by atoms with Crippen molar-refractivity contribution < 1.29 is 26.7 Å². The Labute approximate surface area is 199 Å². The summed E-state index contributed by atoms with van der Waals surface area (Å²) in [4.78, 5) is 11.2. The minimum Gasteiger partial charge on any atom is -0.393 e. The minimum absolute atomic E-state index is 0.131. The molecule has 0 unspecified atom stereocenters. The molecule has 0 bridgehead atoms. The van der Waals surface area contributed by atoms with Crippen molar-refractivity contribution in [1.29, 1.82) is 0 Å². The Morgan fingerprint density at radius 3 is 2.51 bits per heavy atom. The number of fused-ring (bicyclic) bond motifs is 1. The molecule has 1 saturated carbocycles. The largest absolute Gasteiger partial charge is 0.416 e. The topological polar surface area (TPSA) is 113 Å². The molecule has 0 amide bonds. The van der Waals surface area contributed by atoms with E-state index in [9.17, 15) is 26.7 Å². The molecule has 1 aliphatic carbocycles. The summed E-state index contributed by atoms with van der Waals surface area (Å²) in [6.45, 7) is 1.11. The Morgan fingerprint density at radius 2 is 1.86 bits per heavy atom. The van der Waals surface area contributed by atoms with Crippen LogP contribution in [-0.2, 0) is 16.0 Å². The van der Waals surface area contributed by atoms with Gasteiger partial charge in [-0.25, -0.2) is 13.1 Å². The molecule has 1 aliphatic heterocycles. The highest BCUT2D eigenvalue weighted by Gasteiger charge is 2.37. The highest BCUT2D eigenvalue weighted by atomic mass is 32.2. The van der Waals surface area contributed by atoms with Crippen LogP contribution in [0.4, 0.5) is 24.9 Å². The number of hydrogen-bond acceptors (Lipinski definition) is 8. The number of piperidine rings is 1. The van der Waals surface area contributed by atoms with Crippen molar-refractivity contribution in [3.63, 3.8) is 0 Å². The van der Waals surface area contributed by atoms with E-state index < -0.39 is 32.9 Å². The lowest BCUT2D eigenvalue weighted by atomic mass is 9.92. The zero-order valence-corrected chi connectivity index (χ0v) is 19.7. The summed E-state index contributed by atoms with van der Waals surface area (Å²) < 4.78 is 64.8. The standard InChI is InChI=1S/C22H25F3N6O3S/c1-35(33,34)17-10-14(11-17)27-21-28-19(30-7-5-16(32)6-8-30)18-12-26-31(20(18)29-21)15-4-2-3-13(9-15)22(23,24)25/h2-4,9,12,14,16-17,32H,5-8,10-11H2,1H3,(H,27,28,29). The van der Waals surface area contributed by atoms with Crippen LogP contribution in [0.5, 0.6) is 0 Å². The number of alkyl halides is 3. The average Bonchev–Trinajstić information content (AvgIpc) is 3.19. The van der Waals surface area contributed by atoms with Crippen molar-refractivity contribution in [2.45, 2.75) is 49.3 Å². The number of halogens is 3. The predicted octanol–water partition coefficient (Wildman–Crippen LogP) is 2.78. The average molecular weight is 511 g/mol. The minimum atomic E-state index is -4.50. The first-order chi connectivity index (χ1) is 16.5. The summed E-state index contributed by atoms with van der Waals surface area (Å²) in [6, 6.07) is 4.72. The molecule has 0 spiro atoms. The van der Waals surface area contributed by atoms with Gasteiger partial charge in [0.05, 0.1) is 34.2 Å². The number of sulfone groups is 1. The van der Waals surface area contributed by atoms with Gasteiger partial charge in [-0.2, -0.15) is 28.2 Å². The van der Waals surface area contributed by atoms with Crippen LogP contribution in [0.25, 0.3) is 16.7 Å². The fraction of sp³-hybridized carbons (Fsp3) is 0.500. The molecule has 2 aliphatic rings. The maximum Gasteiger partial charge on any atom is 0.416 e. The van der Waals surface area contributed by atoms with Gasteiger partial charge in [0.25, 0.3) is 0 Å². The van der Waals surface area contributed by atoms with E-state index in [2.05, 4.69) is 20.4 Å². The highest BCUT2D eigenvalue weighted by Crippen LogP contribution is 2.34. The van der Waals surface area contributed by atoms with Gasteiger partial charge in [-0.05, 0) is 43.9 Å². The van der Waals surface area contributed by atoms with Crippen LogP contribution in [0.15, 0.2) is 30.5 Å². The predicted molar refractivity (Wildman–Crippen MR) is 124 cm³/mol. The van der Waals surface area contributed by atoms with Crippen LogP contribution in [0.1, 0.15) is 31.2 Å². The molecule has 1 aromatic carbocycles. The smallest absolute Gasteiger partial charge is 0.393 e. The zero-order valence-electron chi connectivity index (χ0n) is 18.9. The molecule has 2 fully saturated rings. The molecular weight excluding hydrogens is 485 g/mol. The van der Waals surface area contributed by atoms with Gasteiger partial charge in [0, 0.05) is 25.4 Å². The molecule has 5 rings (SSSR count). The number of aliphatic hydroxyl groups is 1. The fourth-order valence-electron chi connectivity index (χ4n) is 4.50. The second-order valence-electron chi connectivity index (χ2n) is 9.19. The number of aliphatic hydroxyl groups excluding tert-OH is 1. The van der Waals surface area contributed by atoms with E-state index >= 15 is 0 Å². The first-order valence-corrected chi connectivity index (χ1v) is 13.3. The zero-order chi connectivity index (χ0) is 25.0. The van der Waals surface area contributed by atoms with Gasteiger partial charge in [-0.15, -0.1) is 0 Å². The summed E-state index contributed by atoms with van der Waals surface area (Å²) >= 11 is 0. The van der Waals surface area contributed by atoms with Crippen LogP contribution in [0.2, 0.25) is 0 Å². The third-order valence-electron chi connectivity index (χ3n) is 6.62. The lowest BCUT2D eigenvalue weighted by Crippen LogP contribution is -2.43. The van der Waals surface area contributed by atoms with Gasteiger partial charge in [0.2, 0.25) is 5.95 Å².